The Morgan fingerprint density at radius 2 is 1.10 bits per heavy atom. The average molecular weight is 311 g/mol. The molecule has 4 N–H and O–H groups in total. The smallest absolute Gasteiger partial charge is 0.0453 e. The number of benzene rings is 2. The molecular weight excluding hydrogens is 291 g/mol. The molecule has 2 nitrogen and oxygen atoms in total. The molecule has 0 aliphatic carbocycles. The summed E-state index contributed by atoms with van der Waals surface area (Å²) in [6, 6.07) is 11.6. The molecule has 0 aromatic heterocycles. The van der Waals surface area contributed by atoms with Crippen molar-refractivity contribution in [2.75, 3.05) is 0 Å². The summed E-state index contributed by atoms with van der Waals surface area (Å²) in [5.74, 6) is 0. The second-order valence-electron chi connectivity index (χ2n) is 4.48. The fourth-order valence-electron chi connectivity index (χ4n) is 1.85. The SMILES string of the molecule is Cc1cccc(Cl)c1CN.Cc1cccc(Cl)c1CN. The summed E-state index contributed by atoms with van der Waals surface area (Å²) in [7, 11) is 0. The van der Waals surface area contributed by atoms with Gasteiger partial charge in [0.1, 0.15) is 0 Å². The Balaban J connectivity index is 0.000000200. The summed E-state index contributed by atoms with van der Waals surface area (Å²) < 4.78 is 0. The van der Waals surface area contributed by atoms with E-state index in [0.717, 1.165) is 32.3 Å². The standard InChI is InChI=1S/2C8H10ClN/c2*1-6-3-2-4-8(9)7(6)5-10/h2*2-4H,5,10H2,1H3. The third kappa shape index (κ3) is 4.50. The number of hydrogen-bond acceptors (Lipinski definition) is 2. The van der Waals surface area contributed by atoms with Crippen molar-refractivity contribution in [1.29, 1.82) is 0 Å². The van der Waals surface area contributed by atoms with Crippen LogP contribution in [0.1, 0.15) is 22.3 Å². The quantitative estimate of drug-likeness (QED) is 0.872. The molecule has 0 aliphatic rings. The molecule has 108 valence electrons. The first-order valence-corrected chi connectivity index (χ1v) is 7.15. The van der Waals surface area contributed by atoms with Crippen LogP contribution in [-0.2, 0) is 13.1 Å². The number of hydrogen-bond donors (Lipinski definition) is 2. The Kier molecular flexibility index (Phi) is 7.03. The van der Waals surface area contributed by atoms with Crippen molar-refractivity contribution in [2.24, 2.45) is 11.5 Å². The van der Waals surface area contributed by atoms with Gasteiger partial charge in [-0.1, -0.05) is 47.5 Å². The molecule has 0 saturated heterocycles. The molecule has 2 aromatic rings. The van der Waals surface area contributed by atoms with Gasteiger partial charge in [0.05, 0.1) is 0 Å². The maximum Gasteiger partial charge on any atom is 0.0453 e. The minimum Gasteiger partial charge on any atom is -0.326 e. The lowest BCUT2D eigenvalue weighted by molar-refractivity contribution is 1.05. The van der Waals surface area contributed by atoms with Crippen LogP contribution in [0.25, 0.3) is 0 Å². The summed E-state index contributed by atoms with van der Waals surface area (Å²) >= 11 is 11.7. The van der Waals surface area contributed by atoms with Crippen LogP contribution in [0.4, 0.5) is 0 Å². The molecule has 0 fully saturated rings. The van der Waals surface area contributed by atoms with Gasteiger partial charge in [0.2, 0.25) is 0 Å². The predicted molar refractivity (Wildman–Crippen MR) is 88.2 cm³/mol. The molecule has 0 spiro atoms. The number of aryl methyl sites for hydroxylation is 2. The first-order chi connectivity index (χ1) is 9.51. The highest BCUT2D eigenvalue weighted by Gasteiger charge is 1.99. The highest BCUT2D eigenvalue weighted by Crippen LogP contribution is 2.18. The lowest BCUT2D eigenvalue weighted by atomic mass is 10.1. The third-order valence-corrected chi connectivity index (χ3v) is 3.82. The van der Waals surface area contributed by atoms with Gasteiger partial charge >= 0.3 is 0 Å². The highest BCUT2D eigenvalue weighted by molar-refractivity contribution is 6.31. The Hall–Kier alpha value is -1.06. The van der Waals surface area contributed by atoms with Gasteiger partial charge in [-0.25, -0.2) is 0 Å². The first-order valence-electron chi connectivity index (χ1n) is 6.39. The molecule has 0 atom stereocenters. The van der Waals surface area contributed by atoms with Crippen LogP contribution in [0.5, 0.6) is 0 Å². The summed E-state index contributed by atoms with van der Waals surface area (Å²) in [6.45, 7) is 5.05. The molecule has 0 saturated carbocycles. The Morgan fingerprint density at radius 1 is 0.750 bits per heavy atom. The topological polar surface area (TPSA) is 52.0 Å². The van der Waals surface area contributed by atoms with E-state index in [1.54, 1.807) is 0 Å². The van der Waals surface area contributed by atoms with Gasteiger partial charge in [0.15, 0.2) is 0 Å². The number of nitrogens with two attached hydrogens (primary N) is 2. The largest absolute Gasteiger partial charge is 0.326 e. The molecule has 0 bridgehead atoms. The molecule has 0 aliphatic heterocycles. The van der Waals surface area contributed by atoms with E-state index in [0.29, 0.717) is 13.1 Å². The first kappa shape index (κ1) is 17.0. The van der Waals surface area contributed by atoms with Crippen molar-refractivity contribution in [3.05, 3.63) is 68.7 Å². The van der Waals surface area contributed by atoms with Crippen LogP contribution >= 0.6 is 23.2 Å². The van der Waals surface area contributed by atoms with E-state index in [1.165, 1.54) is 0 Å². The zero-order valence-corrected chi connectivity index (χ0v) is 13.3. The second-order valence-corrected chi connectivity index (χ2v) is 5.29. The van der Waals surface area contributed by atoms with Crippen LogP contribution in [0.15, 0.2) is 36.4 Å². The van der Waals surface area contributed by atoms with Crippen LogP contribution < -0.4 is 11.5 Å². The van der Waals surface area contributed by atoms with E-state index in [2.05, 4.69) is 0 Å². The Labute approximate surface area is 130 Å². The minimum atomic E-state index is 0.519. The summed E-state index contributed by atoms with van der Waals surface area (Å²) in [4.78, 5) is 0. The van der Waals surface area contributed by atoms with Gasteiger partial charge in [-0.3, -0.25) is 0 Å². The lowest BCUT2D eigenvalue weighted by Gasteiger charge is -2.03. The van der Waals surface area contributed by atoms with Gasteiger partial charge in [0.25, 0.3) is 0 Å². The summed E-state index contributed by atoms with van der Waals surface area (Å²) in [5.41, 5.74) is 15.3. The third-order valence-electron chi connectivity index (χ3n) is 3.11. The van der Waals surface area contributed by atoms with Crippen LogP contribution in [0, 0.1) is 13.8 Å². The molecule has 0 radical (unpaired) electrons. The monoisotopic (exact) mass is 310 g/mol. The molecule has 4 heteroatoms. The zero-order valence-electron chi connectivity index (χ0n) is 11.8. The molecule has 0 unspecified atom stereocenters. The summed E-state index contributed by atoms with van der Waals surface area (Å²) in [6.07, 6.45) is 0. The molecular formula is C16H20Cl2N2. The minimum absolute atomic E-state index is 0.519. The molecule has 0 amide bonds. The number of rotatable bonds is 2. The van der Waals surface area contributed by atoms with E-state index >= 15 is 0 Å². The van der Waals surface area contributed by atoms with Crippen LogP contribution in [-0.4, -0.2) is 0 Å². The van der Waals surface area contributed by atoms with Crippen molar-refractivity contribution in [3.63, 3.8) is 0 Å². The predicted octanol–water partition coefficient (Wildman–Crippen LogP) is 4.21. The fraction of sp³-hybridized carbons (Fsp3) is 0.250. The molecule has 2 aromatic carbocycles. The van der Waals surface area contributed by atoms with Crippen molar-refractivity contribution < 1.29 is 0 Å². The van der Waals surface area contributed by atoms with Crippen molar-refractivity contribution in [2.45, 2.75) is 26.9 Å². The maximum absolute atomic E-state index is 5.85. The van der Waals surface area contributed by atoms with Gasteiger partial charge in [-0.05, 0) is 48.2 Å². The van der Waals surface area contributed by atoms with Crippen LogP contribution in [0.2, 0.25) is 10.0 Å². The molecule has 20 heavy (non-hydrogen) atoms. The van der Waals surface area contributed by atoms with Gasteiger partial charge < -0.3 is 11.5 Å². The van der Waals surface area contributed by atoms with E-state index in [4.69, 9.17) is 34.7 Å². The van der Waals surface area contributed by atoms with E-state index in [-0.39, 0.29) is 0 Å². The van der Waals surface area contributed by atoms with E-state index in [9.17, 15) is 0 Å². The van der Waals surface area contributed by atoms with Crippen molar-refractivity contribution in [3.8, 4) is 0 Å². The Morgan fingerprint density at radius 3 is 1.30 bits per heavy atom. The van der Waals surface area contributed by atoms with Crippen LogP contribution in [0.3, 0.4) is 0 Å². The van der Waals surface area contributed by atoms with Crippen molar-refractivity contribution in [1.82, 2.24) is 0 Å². The second kappa shape index (κ2) is 8.28. The normalized spacial score (nSPS) is 9.90. The van der Waals surface area contributed by atoms with E-state index < -0.39 is 0 Å². The summed E-state index contributed by atoms with van der Waals surface area (Å²) in [5, 5.41) is 1.53. The number of halogens is 2. The Bertz CT molecular complexity index is 476. The van der Waals surface area contributed by atoms with Crippen molar-refractivity contribution >= 4 is 23.2 Å². The fourth-order valence-corrected chi connectivity index (χ4v) is 2.45. The molecule has 0 heterocycles. The van der Waals surface area contributed by atoms with Gasteiger partial charge in [0, 0.05) is 23.1 Å². The lowest BCUT2D eigenvalue weighted by Crippen LogP contribution is -1.99. The van der Waals surface area contributed by atoms with E-state index in [1.807, 2.05) is 50.2 Å². The van der Waals surface area contributed by atoms with Gasteiger partial charge in [-0.2, -0.15) is 0 Å². The zero-order chi connectivity index (χ0) is 15.1. The highest BCUT2D eigenvalue weighted by atomic mass is 35.5. The maximum atomic E-state index is 5.85. The van der Waals surface area contributed by atoms with Gasteiger partial charge in [-0.15, -0.1) is 0 Å². The molecule has 2 rings (SSSR count). The average Bonchev–Trinajstić information content (AvgIpc) is 2.40.